The molecule has 0 fully saturated rings. The third-order valence-corrected chi connectivity index (χ3v) is 3.36. The largest absolute Gasteiger partial charge is 0.345 e. The molecule has 5 heteroatoms. The van der Waals surface area contributed by atoms with Crippen LogP contribution in [0.1, 0.15) is 34.5 Å². The topological polar surface area (TPSA) is 67.1 Å². The number of hydrogen-bond acceptors (Lipinski definition) is 3. The molecule has 1 atom stereocenters. The van der Waals surface area contributed by atoms with E-state index in [0.717, 1.165) is 11.3 Å². The zero-order valence-corrected chi connectivity index (χ0v) is 12.0. The van der Waals surface area contributed by atoms with Crippen LogP contribution in [-0.4, -0.2) is 5.91 Å². The van der Waals surface area contributed by atoms with Gasteiger partial charge in [-0.25, -0.2) is 4.39 Å². The highest BCUT2D eigenvalue weighted by atomic mass is 19.1. The zero-order valence-electron chi connectivity index (χ0n) is 12.0. The van der Waals surface area contributed by atoms with E-state index in [-0.39, 0.29) is 11.7 Å². The van der Waals surface area contributed by atoms with E-state index in [1.54, 1.807) is 43.3 Å². The van der Waals surface area contributed by atoms with E-state index < -0.39 is 6.04 Å². The molecule has 1 amide bonds. The number of nitrogens with two attached hydrogens (primary N) is 1. The molecule has 0 saturated carbocycles. The normalized spacial score (nSPS) is 11.8. The molecule has 1 unspecified atom stereocenters. The van der Waals surface area contributed by atoms with Gasteiger partial charge in [0.1, 0.15) is 5.82 Å². The van der Waals surface area contributed by atoms with Gasteiger partial charge in [-0.3, -0.25) is 10.6 Å². The number of carbonyl (C=O) groups is 1. The highest BCUT2D eigenvalue weighted by molar-refractivity contribution is 5.96. The van der Waals surface area contributed by atoms with E-state index in [2.05, 4.69) is 10.7 Å². The number of aryl methyl sites for hydroxylation is 1. The molecule has 0 bridgehead atoms. The van der Waals surface area contributed by atoms with E-state index in [4.69, 9.17) is 5.84 Å². The van der Waals surface area contributed by atoms with Crippen LogP contribution >= 0.6 is 0 Å². The van der Waals surface area contributed by atoms with Gasteiger partial charge in [-0.15, -0.1) is 0 Å². The molecule has 110 valence electrons. The van der Waals surface area contributed by atoms with Crippen LogP contribution < -0.4 is 16.6 Å². The lowest BCUT2D eigenvalue weighted by molar-refractivity contribution is 0.0939. The van der Waals surface area contributed by atoms with Crippen LogP contribution in [0.4, 0.5) is 10.1 Å². The summed E-state index contributed by atoms with van der Waals surface area (Å²) in [5.41, 5.74) is 5.05. The van der Waals surface area contributed by atoms with E-state index in [1.165, 1.54) is 6.07 Å². The van der Waals surface area contributed by atoms with Crippen molar-refractivity contribution in [3.05, 3.63) is 65.0 Å². The predicted molar refractivity (Wildman–Crippen MR) is 81.3 cm³/mol. The Morgan fingerprint density at radius 2 is 1.95 bits per heavy atom. The van der Waals surface area contributed by atoms with Crippen molar-refractivity contribution in [2.24, 2.45) is 5.84 Å². The quantitative estimate of drug-likeness (QED) is 0.598. The van der Waals surface area contributed by atoms with Crippen molar-refractivity contribution in [2.75, 3.05) is 5.43 Å². The minimum absolute atomic E-state index is 0.244. The summed E-state index contributed by atoms with van der Waals surface area (Å²) >= 11 is 0. The number of hydrogen-bond donors (Lipinski definition) is 3. The van der Waals surface area contributed by atoms with Gasteiger partial charge in [-0.2, -0.15) is 0 Å². The van der Waals surface area contributed by atoms with Crippen molar-refractivity contribution in [1.29, 1.82) is 0 Å². The molecule has 0 aromatic heterocycles. The molecule has 0 aliphatic carbocycles. The number of nitrogen functional groups attached to an aromatic ring is 1. The van der Waals surface area contributed by atoms with E-state index in [0.29, 0.717) is 11.1 Å². The molecule has 0 aliphatic rings. The third kappa shape index (κ3) is 3.38. The molecule has 2 aromatic rings. The highest BCUT2D eigenvalue weighted by Gasteiger charge is 2.15. The molecule has 0 spiro atoms. The van der Waals surface area contributed by atoms with Crippen LogP contribution in [0, 0.1) is 12.7 Å². The van der Waals surface area contributed by atoms with Crippen molar-refractivity contribution >= 4 is 11.6 Å². The molecule has 21 heavy (non-hydrogen) atoms. The Bertz CT molecular complexity index is 658. The average molecular weight is 287 g/mol. The third-order valence-electron chi connectivity index (χ3n) is 3.36. The lowest BCUT2D eigenvalue weighted by atomic mass is 10.0. The lowest BCUT2D eigenvalue weighted by Gasteiger charge is -2.16. The van der Waals surface area contributed by atoms with E-state index in [9.17, 15) is 9.18 Å². The molecular weight excluding hydrogens is 269 g/mol. The number of halogens is 1. The molecule has 4 N–H and O–H groups in total. The monoisotopic (exact) mass is 287 g/mol. The van der Waals surface area contributed by atoms with Crippen LogP contribution in [0.25, 0.3) is 0 Å². The van der Waals surface area contributed by atoms with E-state index in [1.807, 2.05) is 6.92 Å². The zero-order chi connectivity index (χ0) is 15.4. The summed E-state index contributed by atoms with van der Waals surface area (Å²) < 4.78 is 13.7. The Kier molecular flexibility index (Phi) is 4.55. The second-order valence-corrected chi connectivity index (χ2v) is 4.89. The minimum Gasteiger partial charge on any atom is -0.345 e. The molecule has 2 aromatic carbocycles. The number of anilines is 1. The van der Waals surface area contributed by atoms with Crippen molar-refractivity contribution < 1.29 is 9.18 Å². The molecular formula is C16H18FN3O. The molecule has 0 saturated heterocycles. The number of hydrazine groups is 1. The summed E-state index contributed by atoms with van der Waals surface area (Å²) in [6.07, 6.45) is 0. The summed E-state index contributed by atoms with van der Waals surface area (Å²) in [4.78, 5) is 12.3. The van der Waals surface area contributed by atoms with Crippen LogP contribution in [-0.2, 0) is 0 Å². The van der Waals surface area contributed by atoms with Gasteiger partial charge >= 0.3 is 0 Å². The first-order valence-corrected chi connectivity index (χ1v) is 6.65. The van der Waals surface area contributed by atoms with Crippen molar-refractivity contribution in [3.8, 4) is 0 Å². The smallest absolute Gasteiger partial charge is 0.252 e. The molecule has 0 aliphatic heterocycles. The van der Waals surface area contributed by atoms with Crippen molar-refractivity contribution in [1.82, 2.24) is 5.32 Å². The van der Waals surface area contributed by atoms with Gasteiger partial charge in [0.2, 0.25) is 0 Å². The molecule has 4 nitrogen and oxygen atoms in total. The predicted octanol–water partition coefficient (Wildman–Crippen LogP) is 2.91. The fourth-order valence-electron chi connectivity index (χ4n) is 2.19. The van der Waals surface area contributed by atoms with Crippen molar-refractivity contribution in [2.45, 2.75) is 19.9 Å². The number of carbonyl (C=O) groups excluding carboxylic acids is 1. The first-order chi connectivity index (χ1) is 10.0. The van der Waals surface area contributed by atoms with Crippen LogP contribution in [0.5, 0.6) is 0 Å². The van der Waals surface area contributed by atoms with Gasteiger partial charge in [0, 0.05) is 16.8 Å². The average Bonchev–Trinajstić information content (AvgIpc) is 2.47. The van der Waals surface area contributed by atoms with Crippen LogP contribution in [0.15, 0.2) is 42.5 Å². The Morgan fingerprint density at radius 1 is 1.24 bits per heavy atom. The minimum atomic E-state index is -0.412. The van der Waals surface area contributed by atoms with Gasteiger partial charge in [-0.05, 0) is 43.7 Å². The summed E-state index contributed by atoms with van der Waals surface area (Å²) in [5.74, 6) is 4.75. The Hall–Kier alpha value is -2.40. The standard InChI is InChI=1S/C16H18FN3O/c1-10-9-12(20-18)7-8-13(10)16(21)19-11(2)14-5-3-4-6-15(14)17/h3-9,11,20H,18H2,1-2H3,(H,19,21). The lowest BCUT2D eigenvalue weighted by Crippen LogP contribution is -2.27. The Morgan fingerprint density at radius 3 is 2.57 bits per heavy atom. The number of nitrogens with one attached hydrogen (secondary N) is 2. The number of amides is 1. The highest BCUT2D eigenvalue weighted by Crippen LogP contribution is 2.19. The summed E-state index contributed by atoms with van der Waals surface area (Å²) in [6, 6.07) is 11.2. The fraction of sp³-hybridized carbons (Fsp3) is 0.188. The number of benzene rings is 2. The maximum Gasteiger partial charge on any atom is 0.252 e. The molecule has 0 radical (unpaired) electrons. The first-order valence-electron chi connectivity index (χ1n) is 6.65. The van der Waals surface area contributed by atoms with Gasteiger partial charge in [0.05, 0.1) is 6.04 Å². The fourth-order valence-corrected chi connectivity index (χ4v) is 2.19. The Labute approximate surface area is 123 Å². The number of rotatable bonds is 4. The molecule has 2 rings (SSSR count). The van der Waals surface area contributed by atoms with Crippen LogP contribution in [0.2, 0.25) is 0 Å². The van der Waals surface area contributed by atoms with Crippen LogP contribution in [0.3, 0.4) is 0 Å². The Balaban J connectivity index is 2.16. The molecule has 0 heterocycles. The maximum atomic E-state index is 13.7. The summed E-state index contributed by atoms with van der Waals surface area (Å²) in [5, 5.41) is 2.80. The van der Waals surface area contributed by atoms with Gasteiger partial charge in [0.15, 0.2) is 0 Å². The van der Waals surface area contributed by atoms with E-state index >= 15 is 0 Å². The second-order valence-electron chi connectivity index (χ2n) is 4.89. The van der Waals surface area contributed by atoms with Gasteiger partial charge in [0.25, 0.3) is 5.91 Å². The summed E-state index contributed by atoms with van der Waals surface area (Å²) in [6.45, 7) is 3.57. The SMILES string of the molecule is Cc1cc(NN)ccc1C(=O)NC(C)c1ccccc1F. The van der Waals surface area contributed by atoms with Gasteiger partial charge in [-0.1, -0.05) is 18.2 Å². The second kappa shape index (κ2) is 6.37. The van der Waals surface area contributed by atoms with Gasteiger partial charge < -0.3 is 10.7 Å². The van der Waals surface area contributed by atoms with Crippen molar-refractivity contribution in [3.63, 3.8) is 0 Å². The summed E-state index contributed by atoms with van der Waals surface area (Å²) in [7, 11) is 0. The maximum absolute atomic E-state index is 13.7. The first kappa shape index (κ1) is 15.0.